The summed E-state index contributed by atoms with van der Waals surface area (Å²) >= 11 is 0. The fraction of sp³-hybridized carbons (Fsp3) is 0.421. The van der Waals surface area contributed by atoms with Gasteiger partial charge in [-0.2, -0.15) is 5.10 Å². The number of nitrogens with zero attached hydrogens (tertiary/aromatic N) is 2. The van der Waals surface area contributed by atoms with Crippen molar-refractivity contribution >= 4 is 11.9 Å². The van der Waals surface area contributed by atoms with E-state index in [2.05, 4.69) is 24.3 Å². The minimum Gasteiger partial charge on any atom is -0.481 e. The van der Waals surface area contributed by atoms with Gasteiger partial charge in [0.2, 0.25) is 0 Å². The summed E-state index contributed by atoms with van der Waals surface area (Å²) < 4.78 is 1.83. The van der Waals surface area contributed by atoms with Gasteiger partial charge in [-0.05, 0) is 24.8 Å². The van der Waals surface area contributed by atoms with Crippen LogP contribution in [0.1, 0.15) is 54.3 Å². The van der Waals surface area contributed by atoms with Gasteiger partial charge in [0.15, 0.2) is 0 Å². The van der Waals surface area contributed by atoms with Crippen LogP contribution >= 0.6 is 0 Å². The highest BCUT2D eigenvalue weighted by atomic mass is 16.4. The van der Waals surface area contributed by atoms with E-state index in [4.69, 9.17) is 5.11 Å². The number of nitrogens with one attached hydrogen (secondary N) is 1. The minimum atomic E-state index is -0.879. The lowest BCUT2D eigenvalue weighted by Gasteiger charge is -2.18. The maximum Gasteiger partial charge on any atom is 0.303 e. The van der Waals surface area contributed by atoms with Crippen LogP contribution in [0.25, 0.3) is 0 Å². The Labute approximate surface area is 147 Å². The highest BCUT2D eigenvalue weighted by Crippen LogP contribution is 2.20. The Balaban J connectivity index is 2.16. The SMILES string of the molecule is Cc1c(C(=O)NC(CCC(=O)O)c2ccccc2)cnn1CC(C)C. The minimum absolute atomic E-state index is 0.00850. The third kappa shape index (κ3) is 5.17. The molecule has 0 bridgehead atoms. The fourth-order valence-electron chi connectivity index (χ4n) is 2.71. The van der Waals surface area contributed by atoms with Crippen LogP contribution in [0, 0.1) is 12.8 Å². The molecule has 1 atom stereocenters. The van der Waals surface area contributed by atoms with Crippen LogP contribution in [0.15, 0.2) is 36.5 Å². The molecule has 0 aliphatic carbocycles. The van der Waals surface area contributed by atoms with E-state index in [0.29, 0.717) is 17.9 Å². The quantitative estimate of drug-likeness (QED) is 0.771. The Hall–Kier alpha value is -2.63. The zero-order valence-electron chi connectivity index (χ0n) is 14.9. The molecule has 25 heavy (non-hydrogen) atoms. The van der Waals surface area contributed by atoms with Gasteiger partial charge in [-0.15, -0.1) is 0 Å². The molecule has 134 valence electrons. The molecule has 0 fully saturated rings. The monoisotopic (exact) mass is 343 g/mol. The van der Waals surface area contributed by atoms with Crippen molar-refractivity contribution in [2.24, 2.45) is 5.92 Å². The van der Waals surface area contributed by atoms with E-state index in [1.54, 1.807) is 6.20 Å². The summed E-state index contributed by atoms with van der Waals surface area (Å²) in [6, 6.07) is 9.07. The Morgan fingerprint density at radius 2 is 1.92 bits per heavy atom. The molecule has 1 aromatic carbocycles. The summed E-state index contributed by atoms with van der Waals surface area (Å²) in [6.45, 7) is 6.82. The van der Waals surface area contributed by atoms with Crippen molar-refractivity contribution in [3.63, 3.8) is 0 Å². The van der Waals surface area contributed by atoms with Crippen LogP contribution in [0.4, 0.5) is 0 Å². The van der Waals surface area contributed by atoms with E-state index >= 15 is 0 Å². The van der Waals surface area contributed by atoms with Gasteiger partial charge in [-0.3, -0.25) is 14.3 Å². The number of aromatic nitrogens is 2. The summed E-state index contributed by atoms with van der Waals surface area (Å²) in [5, 5.41) is 16.2. The van der Waals surface area contributed by atoms with Crippen molar-refractivity contribution in [2.75, 3.05) is 0 Å². The average molecular weight is 343 g/mol. The van der Waals surface area contributed by atoms with E-state index in [0.717, 1.165) is 17.8 Å². The van der Waals surface area contributed by atoms with Crippen LogP contribution in [-0.2, 0) is 11.3 Å². The van der Waals surface area contributed by atoms with Crippen molar-refractivity contribution in [3.8, 4) is 0 Å². The van der Waals surface area contributed by atoms with Crippen molar-refractivity contribution in [1.29, 1.82) is 0 Å². The normalized spacial score (nSPS) is 12.2. The van der Waals surface area contributed by atoms with E-state index in [9.17, 15) is 9.59 Å². The standard InChI is InChI=1S/C19H25N3O3/c1-13(2)12-22-14(3)16(11-20-22)19(25)21-17(9-10-18(23)24)15-7-5-4-6-8-15/h4-8,11,13,17H,9-10,12H2,1-3H3,(H,21,25)(H,23,24). The van der Waals surface area contributed by atoms with Crippen LogP contribution in [0.3, 0.4) is 0 Å². The zero-order valence-corrected chi connectivity index (χ0v) is 14.9. The average Bonchev–Trinajstić information content (AvgIpc) is 2.92. The largest absolute Gasteiger partial charge is 0.481 e. The Morgan fingerprint density at radius 1 is 1.24 bits per heavy atom. The number of hydrogen-bond acceptors (Lipinski definition) is 3. The van der Waals surface area contributed by atoms with Gasteiger partial charge in [0.1, 0.15) is 0 Å². The van der Waals surface area contributed by atoms with Gasteiger partial charge >= 0.3 is 5.97 Å². The molecule has 1 amide bonds. The first kappa shape index (κ1) is 18.7. The smallest absolute Gasteiger partial charge is 0.303 e. The van der Waals surface area contributed by atoms with Gasteiger partial charge in [0.25, 0.3) is 5.91 Å². The molecule has 6 nitrogen and oxygen atoms in total. The van der Waals surface area contributed by atoms with Crippen molar-refractivity contribution in [3.05, 3.63) is 53.3 Å². The number of amides is 1. The molecule has 1 unspecified atom stereocenters. The molecule has 0 spiro atoms. The topological polar surface area (TPSA) is 84.2 Å². The van der Waals surface area contributed by atoms with Crippen LogP contribution in [0.2, 0.25) is 0 Å². The number of carboxylic acid groups (broad SMARTS) is 1. The summed E-state index contributed by atoms with van der Waals surface area (Å²) in [7, 11) is 0. The molecule has 0 aliphatic rings. The maximum atomic E-state index is 12.7. The van der Waals surface area contributed by atoms with Gasteiger partial charge in [0.05, 0.1) is 17.8 Å². The van der Waals surface area contributed by atoms with Gasteiger partial charge in [-0.25, -0.2) is 0 Å². The summed E-state index contributed by atoms with van der Waals surface area (Å²) in [6.07, 6.45) is 1.90. The molecule has 1 aromatic heterocycles. The molecule has 0 saturated carbocycles. The van der Waals surface area contributed by atoms with Crippen LogP contribution in [-0.4, -0.2) is 26.8 Å². The van der Waals surface area contributed by atoms with Crippen molar-refractivity contribution in [2.45, 2.75) is 46.2 Å². The van der Waals surface area contributed by atoms with Gasteiger partial charge < -0.3 is 10.4 Å². The molecule has 1 heterocycles. The highest BCUT2D eigenvalue weighted by Gasteiger charge is 2.20. The lowest BCUT2D eigenvalue weighted by atomic mass is 10.0. The van der Waals surface area contributed by atoms with E-state index in [1.165, 1.54) is 0 Å². The molecule has 6 heteroatoms. The third-order valence-corrected chi connectivity index (χ3v) is 4.04. The van der Waals surface area contributed by atoms with Crippen LogP contribution in [0.5, 0.6) is 0 Å². The molecule has 0 saturated heterocycles. The first-order valence-electron chi connectivity index (χ1n) is 8.48. The fourth-order valence-corrected chi connectivity index (χ4v) is 2.71. The lowest BCUT2D eigenvalue weighted by Crippen LogP contribution is -2.29. The number of hydrogen-bond donors (Lipinski definition) is 2. The van der Waals surface area contributed by atoms with Crippen LogP contribution < -0.4 is 5.32 Å². The summed E-state index contributed by atoms with van der Waals surface area (Å²) in [5.74, 6) is -0.676. The second-order valence-corrected chi connectivity index (χ2v) is 6.59. The number of rotatable bonds is 8. The molecular weight excluding hydrogens is 318 g/mol. The van der Waals surface area contributed by atoms with E-state index < -0.39 is 5.97 Å². The highest BCUT2D eigenvalue weighted by molar-refractivity contribution is 5.95. The number of carboxylic acids is 1. The summed E-state index contributed by atoms with van der Waals surface area (Å²) in [5.41, 5.74) is 2.23. The van der Waals surface area contributed by atoms with E-state index in [1.807, 2.05) is 41.9 Å². The number of carbonyl (C=O) groups excluding carboxylic acids is 1. The number of aliphatic carboxylic acids is 1. The predicted octanol–water partition coefficient (Wildman–Crippen LogP) is 3.18. The van der Waals surface area contributed by atoms with Gasteiger partial charge in [-0.1, -0.05) is 44.2 Å². The lowest BCUT2D eigenvalue weighted by molar-refractivity contribution is -0.137. The first-order chi connectivity index (χ1) is 11.9. The Bertz CT molecular complexity index is 723. The van der Waals surface area contributed by atoms with E-state index in [-0.39, 0.29) is 18.4 Å². The predicted molar refractivity (Wildman–Crippen MR) is 95.3 cm³/mol. The summed E-state index contributed by atoms with van der Waals surface area (Å²) in [4.78, 5) is 23.6. The first-order valence-corrected chi connectivity index (χ1v) is 8.48. The Kier molecular flexibility index (Phi) is 6.33. The maximum absolute atomic E-state index is 12.7. The van der Waals surface area contributed by atoms with Crippen molar-refractivity contribution in [1.82, 2.24) is 15.1 Å². The molecular formula is C19H25N3O3. The molecule has 2 rings (SSSR count). The zero-order chi connectivity index (χ0) is 18.4. The molecule has 2 N–H and O–H groups in total. The molecule has 2 aromatic rings. The third-order valence-electron chi connectivity index (χ3n) is 4.04. The number of carbonyl (C=O) groups is 2. The second-order valence-electron chi connectivity index (χ2n) is 6.59. The second kappa shape index (κ2) is 8.46. The molecule has 0 radical (unpaired) electrons. The Morgan fingerprint density at radius 3 is 2.52 bits per heavy atom. The van der Waals surface area contributed by atoms with Gasteiger partial charge in [0, 0.05) is 18.7 Å². The molecule has 0 aliphatic heterocycles. The number of benzene rings is 1. The van der Waals surface area contributed by atoms with Crippen molar-refractivity contribution < 1.29 is 14.7 Å².